The van der Waals surface area contributed by atoms with Crippen molar-refractivity contribution in [1.82, 2.24) is 0 Å². The largest absolute Gasteiger partial charge is 0.481 e. The Morgan fingerprint density at radius 1 is 1.23 bits per heavy atom. The number of halogens is 3. The van der Waals surface area contributed by atoms with Crippen LogP contribution in [0.5, 0.6) is 0 Å². The van der Waals surface area contributed by atoms with Crippen LogP contribution in [0.25, 0.3) is 0 Å². The summed E-state index contributed by atoms with van der Waals surface area (Å²) in [5, 5.41) is 0. The molecular weight excluding hydrogens is 202 g/mol. The Morgan fingerprint density at radius 3 is 1.92 bits per heavy atom. The molecule has 78 valence electrons. The number of methoxy groups -OCH3 is 1. The third-order valence-electron chi connectivity index (χ3n) is 0.879. The van der Waals surface area contributed by atoms with Crippen molar-refractivity contribution < 1.29 is 17.9 Å². The molecule has 0 bridgehead atoms. The minimum atomic E-state index is -4.24. The molecule has 0 aromatic heterocycles. The molecule has 1 atom stereocenters. The number of ether oxygens (including phenoxy) is 1. The molecule has 0 N–H and O–H groups in total. The topological polar surface area (TPSA) is 21.6 Å². The van der Waals surface area contributed by atoms with Gasteiger partial charge in [0, 0.05) is 0 Å². The Hall–Kier alpha value is -0.310. The zero-order valence-electron chi connectivity index (χ0n) is 7.99. The zero-order valence-corrected chi connectivity index (χ0v) is 8.99. The van der Waals surface area contributed by atoms with Gasteiger partial charge in [-0.3, -0.25) is 0 Å². The molecule has 0 heterocycles. The lowest BCUT2D eigenvalue weighted by Gasteiger charge is -2.15. The standard InChI is InChI=1S/C7H13F3NOP/c1-6(2,3)11-5(12-4)13-7(8,9)10/h13H,1-4H3. The van der Waals surface area contributed by atoms with Gasteiger partial charge in [-0.1, -0.05) is 0 Å². The molecule has 0 rings (SSSR count). The van der Waals surface area contributed by atoms with Gasteiger partial charge < -0.3 is 4.74 Å². The number of alkyl halides is 3. The first kappa shape index (κ1) is 12.7. The summed E-state index contributed by atoms with van der Waals surface area (Å²) in [6.45, 7) is 5.15. The van der Waals surface area contributed by atoms with E-state index in [1.54, 1.807) is 20.8 Å². The van der Waals surface area contributed by atoms with E-state index in [2.05, 4.69) is 9.73 Å². The molecule has 13 heavy (non-hydrogen) atoms. The molecule has 0 aliphatic rings. The van der Waals surface area contributed by atoms with E-state index in [-0.39, 0.29) is 5.64 Å². The number of hydrogen-bond donors (Lipinski definition) is 0. The van der Waals surface area contributed by atoms with Crippen molar-refractivity contribution in [2.24, 2.45) is 4.99 Å². The number of rotatable bonds is 1. The van der Waals surface area contributed by atoms with E-state index in [0.717, 1.165) is 0 Å². The van der Waals surface area contributed by atoms with Gasteiger partial charge in [-0.25, -0.2) is 4.99 Å². The van der Waals surface area contributed by atoms with Gasteiger partial charge in [-0.15, -0.1) is 0 Å². The summed E-state index contributed by atoms with van der Waals surface area (Å²) in [5.74, 6) is -4.24. The maximum absolute atomic E-state index is 11.9. The average Bonchev–Trinajstić information content (AvgIpc) is 1.79. The molecule has 0 aliphatic carbocycles. The summed E-state index contributed by atoms with van der Waals surface area (Å²) in [6.07, 6.45) is 0. The highest BCUT2D eigenvalue weighted by molar-refractivity contribution is 7.58. The van der Waals surface area contributed by atoms with E-state index < -0.39 is 20.0 Å². The summed E-state index contributed by atoms with van der Waals surface area (Å²) >= 11 is 0. The number of hydrogen-bond acceptors (Lipinski definition) is 2. The van der Waals surface area contributed by atoms with Gasteiger partial charge in [0.15, 0.2) is 0 Å². The van der Waals surface area contributed by atoms with E-state index in [1.807, 2.05) is 0 Å². The maximum atomic E-state index is 11.9. The summed E-state index contributed by atoms with van der Waals surface area (Å²) < 4.78 is 40.3. The van der Waals surface area contributed by atoms with Crippen LogP contribution in [0.3, 0.4) is 0 Å². The Balaban J connectivity index is 4.45. The summed E-state index contributed by atoms with van der Waals surface area (Å²) in [7, 11) is -0.168. The van der Waals surface area contributed by atoms with Crippen molar-refractivity contribution in [1.29, 1.82) is 0 Å². The molecular formula is C7H13F3NOP. The minimum Gasteiger partial charge on any atom is -0.481 e. The van der Waals surface area contributed by atoms with Gasteiger partial charge in [0.25, 0.3) is 0 Å². The molecule has 6 heteroatoms. The molecule has 0 radical (unpaired) electrons. The quantitative estimate of drug-likeness (QED) is 0.374. The smallest absolute Gasteiger partial charge is 0.411 e. The number of aliphatic imine (C=N–C) groups is 1. The molecule has 1 unspecified atom stereocenters. The Kier molecular flexibility index (Phi) is 4.17. The van der Waals surface area contributed by atoms with E-state index in [4.69, 9.17) is 0 Å². The van der Waals surface area contributed by atoms with Crippen molar-refractivity contribution >= 4 is 14.2 Å². The van der Waals surface area contributed by atoms with Crippen LogP contribution in [0, 0.1) is 0 Å². The van der Waals surface area contributed by atoms with Crippen LogP contribution >= 0.6 is 8.58 Å². The van der Waals surface area contributed by atoms with E-state index in [0.29, 0.717) is 0 Å². The fourth-order valence-corrected chi connectivity index (χ4v) is 1.29. The highest BCUT2D eigenvalue weighted by Gasteiger charge is 2.31. The van der Waals surface area contributed by atoms with Crippen LogP contribution in [0.1, 0.15) is 20.8 Å². The number of nitrogens with zero attached hydrogens (tertiary/aromatic N) is 1. The maximum Gasteiger partial charge on any atom is 0.411 e. The zero-order chi connectivity index (χ0) is 10.7. The predicted octanol–water partition coefficient (Wildman–Crippen LogP) is 2.99. The fraction of sp³-hybridized carbons (Fsp3) is 0.857. The normalized spacial score (nSPS) is 15.5. The molecule has 0 aromatic carbocycles. The van der Waals surface area contributed by atoms with Gasteiger partial charge in [0.05, 0.1) is 21.2 Å². The highest BCUT2D eigenvalue weighted by atomic mass is 31.1. The van der Waals surface area contributed by atoms with Crippen molar-refractivity contribution in [2.75, 3.05) is 7.11 Å². The fourth-order valence-electron chi connectivity index (χ4n) is 0.551. The first-order valence-electron chi connectivity index (χ1n) is 3.63. The lowest BCUT2D eigenvalue weighted by Crippen LogP contribution is -2.15. The first-order chi connectivity index (χ1) is 5.64. The van der Waals surface area contributed by atoms with Crippen molar-refractivity contribution in [3.8, 4) is 0 Å². The van der Waals surface area contributed by atoms with E-state index in [1.165, 1.54) is 7.11 Å². The predicted molar refractivity (Wildman–Crippen MR) is 48.6 cm³/mol. The lowest BCUT2D eigenvalue weighted by molar-refractivity contribution is -0.0360. The van der Waals surface area contributed by atoms with Crippen molar-refractivity contribution in [2.45, 2.75) is 32.2 Å². The molecule has 0 aromatic rings. The second-order valence-corrected chi connectivity index (χ2v) is 4.66. The Bertz CT molecular complexity index is 195. The average molecular weight is 215 g/mol. The van der Waals surface area contributed by atoms with Crippen LogP contribution in [-0.4, -0.2) is 24.2 Å². The van der Waals surface area contributed by atoms with Crippen LogP contribution in [-0.2, 0) is 4.74 Å². The Morgan fingerprint density at radius 2 is 1.69 bits per heavy atom. The van der Waals surface area contributed by atoms with Gasteiger partial charge in [-0.05, 0) is 20.8 Å². The highest BCUT2D eigenvalue weighted by Crippen LogP contribution is 2.38. The third kappa shape index (κ3) is 8.03. The van der Waals surface area contributed by atoms with Gasteiger partial charge in [-0.2, -0.15) is 13.2 Å². The summed E-state index contributed by atoms with van der Waals surface area (Å²) in [4.78, 5) is 3.80. The SMILES string of the molecule is COC(=NC(C)(C)C)PC(F)(F)F. The summed E-state index contributed by atoms with van der Waals surface area (Å²) in [5.41, 5.74) is -0.788. The van der Waals surface area contributed by atoms with Crippen LogP contribution in [0.4, 0.5) is 13.2 Å². The monoisotopic (exact) mass is 215 g/mol. The van der Waals surface area contributed by atoms with Crippen LogP contribution in [0.2, 0.25) is 0 Å². The minimum absolute atomic E-state index is 0.250. The molecule has 0 saturated heterocycles. The van der Waals surface area contributed by atoms with Crippen LogP contribution < -0.4 is 0 Å². The van der Waals surface area contributed by atoms with Gasteiger partial charge in [0.1, 0.15) is 0 Å². The van der Waals surface area contributed by atoms with Crippen molar-refractivity contribution in [3.63, 3.8) is 0 Å². The third-order valence-corrected chi connectivity index (χ3v) is 1.69. The van der Waals surface area contributed by atoms with Gasteiger partial charge >= 0.3 is 5.92 Å². The van der Waals surface area contributed by atoms with E-state index in [9.17, 15) is 13.2 Å². The Labute approximate surface area is 77.3 Å². The second-order valence-electron chi connectivity index (χ2n) is 3.41. The van der Waals surface area contributed by atoms with E-state index >= 15 is 0 Å². The lowest BCUT2D eigenvalue weighted by atomic mass is 10.1. The molecule has 0 amide bonds. The molecule has 0 fully saturated rings. The first-order valence-corrected chi connectivity index (χ1v) is 4.63. The van der Waals surface area contributed by atoms with Gasteiger partial charge in [0.2, 0.25) is 5.64 Å². The summed E-state index contributed by atoms with van der Waals surface area (Å²) in [6, 6.07) is 0. The molecule has 0 spiro atoms. The van der Waals surface area contributed by atoms with Crippen molar-refractivity contribution in [3.05, 3.63) is 0 Å². The molecule has 0 saturated carbocycles. The molecule has 0 aliphatic heterocycles. The second kappa shape index (κ2) is 4.27. The van der Waals surface area contributed by atoms with Crippen LogP contribution in [0.15, 0.2) is 4.99 Å². The molecule has 2 nitrogen and oxygen atoms in total.